The average molecular weight is 336 g/mol. The Labute approximate surface area is 145 Å². The molecule has 1 saturated heterocycles. The van der Waals surface area contributed by atoms with Crippen molar-refractivity contribution in [2.24, 2.45) is 17.6 Å². The Morgan fingerprint density at radius 1 is 1.33 bits per heavy atom. The Morgan fingerprint density at radius 3 is 2.58 bits per heavy atom. The number of carbonyl (C=O) groups excluding carboxylic acids is 1. The third-order valence-corrected chi connectivity index (χ3v) is 4.78. The van der Waals surface area contributed by atoms with E-state index in [0.717, 1.165) is 44.7 Å². The highest BCUT2D eigenvalue weighted by molar-refractivity contribution is 5.80. The molecule has 1 aromatic rings. The normalized spacial score (nSPS) is 19.3. The first-order valence-electron chi connectivity index (χ1n) is 9.10. The summed E-state index contributed by atoms with van der Waals surface area (Å²) in [5.41, 5.74) is 6.99. The standard InChI is InChI=1S/C17H32N6O/c1-5-13(4)16(17(24)22-8-6-19-7-9-22)23-11-15(20-21-23)14(18)10-12(2)3/h11-14,16,19H,5-10,18H2,1-4H3/t13-,14-,16-/m0/s1. The van der Waals surface area contributed by atoms with E-state index in [2.05, 4.69) is 43.3 Å². The van der Waals surface area contributed by atoms with Gasteiger partial charge in [-0.25, -0.2) is 4.68 Å². The van der Waals surface area contributed by atoms with E-state index in [-0.39, 0.29) is 23.9 Å². The van der Waals surface area contributed by atoms with Crippen LogP contribution in [0.25, 0.3) is 0 Å². The molecule has 1 aliphatic rings. The molecule has 0 aromatic carbocycles. The van der Waals surface area contributed by atoms with Gasteiger partial charge < -0.3 is 16.0 Å². The number of aromatic nitrogens is 3. The minimum Gasteiger partial charge on any atom is -0.338 e. The number of nitrogens with zero attached hydrogens (tertiary/aromatic N) is 4. The largest absolute Gasteiger partial charge is 0.338 e. The van der Waals surface area contributed by atoms with Crippen LogP contribution in [0.4, 0.5) is 0 Å². The van der Waals surface area contributed by atoms with E-state index in [4.69, 9.17) is 5.73 Å². The number of carbonyl (C=O) groups is 1. The van der Waals surface area contributed by atoms with Crippen molar-refractivity contribution in [3.8, 4) is 0 Å². The van der Waals surface area contributed by atoms with Gasteiger partial charge in [0.15, 0.2) is 0 Å². The number of hydrogen-bond donors (Lipinski definition) is 2. The fourth-order valence-corrected chi connectivity index (χ4v) is 3.14. The maximum atomic E-state index is 13.0. The van der Waals surface area contributed by atoms with E-state index in [1.807, 2.05) is 11.1 Å². The topological polar surface area (TPSA) is 89.1 Å². The number of piperazine rings is 1. The van der Waals surface area contributed by atoms with Crippen LogP contribution in [0.2, 0.25) is 0 Å². The van der Waals surface area contributed by atoms with Crippen molar-refractivity contribution in [1.29, 1.82) is 0 Å². The van der Waals surface area contributed by atoms with Gasteiger partial charge >= 0.3 is 0 Å². The Kier molecular flexibility index (Phi) is 6.74. The predicted molar refractivity (Wildman–Crippen MR) is 94.3 cm³/mol. The van der Waals surface area contributed by atoms with Crippen molar-refractivity contribution in [2.45, 2.75) is 52.6 Å². The Hall–Kier alpha value is -1.47. The summed E-state index contributed by atoms with van der Waals surface area (Å²) < 4.78 is 1.73. The van der Waals surface area contributed by atoms with Gasteiger partial charge in [0.2, 0.25) is 5.91 Å². The molecule has 1 aromatic heterocycles. The van der Waals surface area contributed by atoms with Crippen molar-refractivity contribution in [3.63, 3.8) is 0 Å². The summed E-state index contributed by atoms with van der Waals surface area (Å²) in [7, 11) is 0. The minimum absolute atomic E-state index is 0.134. The summed E-state index contributed by atoms with van der Waals surface area (Å²) in [5.74, 6) is 0.834. The van der Waals surface area contributed by atoms with Crippen molar-refractivity contribution >= 4 is 5.91 Å². The summed E-state index contributed by atoms with van der Waals surface area (Å²) in [6, 6.07) is -0.439. The fourth-order valence-electron chi connectivity index (χ4n) is 3.14. The molecule has 3 atom stereocenters. The smallest absolute Gasteiger partial charge is 0.247 e. The molecule has 0 bridgehead atoms. The molecule has 7 heteroatoms. The lowest BCUT2D eigenvalue weighted by Crippen LogP contribution is -2.49. The van der Waals surface area contributed by atoms with E-state index < -0.39 is 0 Å². The van der Waals surface area contributed by atoms with Crippen LogP contribution in [-0.2, 0) is 4.79 Å². The van der Waals surface area contributed by atoms with Crippen molar-refractivity contribution in [1.82, 2.24) is 25.2 Å². The quantitative estimate of drug-likeness (QED) is 0.784. The first kappa shape index (κ1) is 18.9. The van der Waals surface area contributed by atoms with Crippen LogP contribution in [0.15, 0.2) is 6.20 Å². The number of rotatable bonds is 7. The van der Waals surface area contributed by atoms with Gasteiger partial charge in [0.05, 0.1) is 17.9 Å². The molecule has 0 radical (unpaired) electrons. The third kappa shape index (κ3) is 4.54. The number of nitrogens with two attached hydrogens (primary N) is 1. The maximum Gasteiger partial charge on any atom is 0.247 e. The first-order valence-corrected chi connectivity index (χ1v) is 9.10. The molecule has 136 valence electrons. The van der Waals surface area contributed by atoms with E-state index in [1.54, 1.807) is 4.68 Å². The lowest BCUT2D eigenvalue weighted by molar-refractivity contribution is -0.137. The first-order chi connectivity index (χ1) is 11.4. The molecule has 7 nitrogen and oxygen atoms in total. The number of nitrogens with one attached hydrogen (secondary N) is 1. The molecular weight excluding hydrogens is 304 g/mol. The molecule has 0 unspecified atom stereocenters. The maximum absolute atomic E-state index is 13.0. The molecule has 1 aliphatic heterocycles. The second-order valence-electron chi connectivity index (χ2n) is 7.27. The van der Waals surface area contributed by atoms with Crippen molar-refractivity contribution < 1.29 is 4.79 Å². The molecule has 24 heavy (non-hydrogen) atoms. The van der Waals surface area contributed by atoms with E-state index in [1.165, 1.54) is 0 Å². The Balaban J connectivity index is 2.18. The monoisotopic (exact) mass is 336 g/mol. The summed E-state index contributed by atoms with van der Waals surface area (Å²) >= 11 is 0. The zero-order valence-corrected chi connectivity index (χ0v) is 15.4. The Morgan fingerprint density at radius 2 is 2.00 bits per heavy atom. The SMILES string of the molecule is CC[C@H](C)[C@@H](C(=O)N1CCNCC1)n1cc([C@@H](N)CC(C)C)nn1. The van der Waals surface area contributed by atoms with Crippen LogP contribution in [0.5, 0.6) is 0 Å². The van der Waals surface area contributed by atoms with Crippen LogP contribution in [0.1, 0.15) is 58.3 Å². The van der Waals surface area contributed by atoms with Gasteiger partial charge in [-0.3, -0.25) is 4.79 Å². The van der Waals surface area contributed by atoms with Crippen LogP contribution in [0.3, 0.4) is 0 Å². The summed E-state index contributed by atoms with van der Waals surface area (Å²) in [6.45, 7) is 11.7. The third-order valence-electron chi connectivity index (χ3n) is 4.78. The Bertz CT molecular complexity index is 523. The van der Waals surface area contributed by atoms with E-state index in [0.29, 0.717) is 5.92 Å². The highest BCUT2D eigenvalue weighted by atomic mass is 16.2. The van der Waals surface area contributed by atoms with Crippen molar-refractivity contribution in [3.05, 3.63) is 11.9 Å². The zero-order valence-electron chi connectivity index (χ0n) is 15.4. The zero-order chi connectivity index (χ0) is 17.7. The highest BCUT2D eigenvalue weighted by Gasteiger charge is 2.32. The molecule has 2 heterocycles. The lowest BCUT2D eigenvalue weighted by atomic mass is 9.97. The molecule has 1 fully saturated rings. The van der Waals surface area contributed by atoms with Crippen molar-refractivity contribution in [2.75, 3.05) is 26.2 Å². The highest BCUT2D eigenvalue weighted by Crippen LogP contribution is 2.25. The molecule has 0 saturated carbocycles. The second-order valence-corrected chi connectivity index (χ2v) is 7.27. The molecule has 3 N–H and O–H groups in total. The summed E-state index contributed by atoms with van der Waals surface area (Å²) in [5, 5.41) is 11.8. The summed E-state index contributed by atoms with van der Waals surface area (Å²) in [6.07, 6.45) is 3.64. The van der Waals surface area contributed by atoms with Crippen LogP contribution >= 0.6 is 0 Å². The van der Waals surface area contributed by atoms with Gasteiger partial charge in [0, 0.05) is 26.2 Å². The number of hydrogen-bond acceptors (Lipinski definition) is 5. The van der Waals surface area contributed by atoms with E-state index in [9.17, 15) is 4.79 Å². The van der Waals surface area contributed by atoms with Gasteiger partial charge in [-0.2, -0.15) is 0 Å². The molecule has 0 spiro atoms. The fraction of sp³-hybridized carbons (Fsp3) is 0.824. The van der Waals surface area contributed by atoms with Crippen LogP contribution in [-0.4, -0.2) is 52.0 Å². The molecule has 0 aliphatic carbocycles. The number of amides is 1. The van der Waals surface area contributed by atoms with Gasteiger partial charge in [-0.1, -0.05) is 39.3 Å². The van der Waals surface area contributed by atoms with Gasteiger partial charge in [0.25, 0.3) is 0 Å². The molecule has 2 rings (SSSR count). The van der Waals surface area contributed by atoms with Crippen LogP contribution < -0.4 is 11.1 Å². The average Bonchev–Trinajstić information content (AvgIpc) is 3.04. The predicted octanol–water partition coefficient (Wildman–Crippen LogP) is 1.34. The lowest BCUT2D eigenvalue weighted by Gasteiger charge is -2.32. The van der Waals surface area contributed by atoms with Gasteiger partial charge in [-0.15, -0.1) is 5.10 Å². The van der Waals surface area contributed by atoms with Gasteiger partial charge in [-0.05, 0) is 18.3 Å². The molecule has 1 amide bonds. The summed E-state index contributed by atoms with van der Waals surface area (Å²) in [4.78, 5) is 15.0. The van der Waals surface area contributed by atoms with E-state index >= 15 is 0 Å². The second kappa shape index (κ2) is 8.58. The van der Waals surface area contributed by atoms with Gasteiger partial charge in [0.1, 0.15) is 6.04 Å². The van der Waals surface area contributed by atoms with Crippen LogP contribution in [0, 0.1) is 11.8 Å². The molecular formula is C17H32N6O. The minimum atomic E-state index is -0.305.